The van der Waals surface area contributed by atoms with Crippen molar-refractivity contribution in [3.05, 3.63) is 57.7 Å². The molecule has 5 rings (SSSR count). The van der Waals surface area contributed by atoms with Crippen LogP contribution in [0.1, 0.15) is 63.8 Å². The van der Waals surface area contributed by atoms with Crippen LogP contribution in [0.2, 0.25) is 0 Å². The zero-order chi connectivity index (χ0) is 22.8. The molecular formula is C24H27N5O2S2. The van der Waals surface area contributed by atoms with Crippen LogP contribution in [0.25, 0.3) is 0 Å². The van der Waals surface area contributed by atoms with Gasteiger partial charge in [0.05, 0.1) is 11.3 Å². The van der Waals surface area contributed by atoms with E-state index in [-0.39, 0.29) is 17.6 Å². The summed E-state index contributed by atoms with van der Waals surface area (Å²) in [5, 5.41) is 16.0. The van der Waals surface area contributed by atoms with Crippen molar-refractivity contribution in [2.75, 3.05) is 11.1 Å². The van der Waals surface area contributed by atoms with Gasteiger partial charge in [0.1, 0.15) is 10.8 Å². The maximum atomic E-state index is 13.2. The van der Waals surface area contributed by atoms with Crippen LogP contribution in [0.3, 0.4) is 0 Å². The van der Waals surface area contributed by atoms with Crippen molar-refractivity contribution in [2.45, 2.75) is 56.1 Å². The van der Waals surface area contributed by atoms with E-state index in [0.717, 1.165) is 60.6 Å². The van der Waals surface area contributed by atoms with E-state index >= 15 is 0 Å². The van der Waals surface area contributed by atoms with Gasteiger partial charge in [-0.2, -0.15) is 0 Å². The number of aryl methyl sites for hydroxylation is 1. The minimum atomic E-state index is -0.133. The standard InChI is InChI=1S/C24H27N5O2S2/c1-29-21(16-11-12-16)27-28-24(29)32-14-19(30)26-23-20(17-9-5-6-10-18(17)33-23)22(31)25-13-15-7-3-2-4-8-15/h2-4,7-8,16H,5-6,9-14H2,1H3,(H,25,31)(H,26,30). The van der Waals surface area contributed by atoms with Crippen molar-refractivity contribution in [1.29, 1.82) is 0 Å². The van der Waals surface area contributed by atoms with E-state index in [1.54, 1.807) is 11.3 Å². The summed E-state index contributed by atoms with van der Waals surface area (Å²) in [5.74, 6) is 1.49. The van der Waals surface area contributed by atoms with Crippen LogP contribution in [-0.2, 0) is 31.2 Å². The van der Waals surface area contributed by atoms with Crippen molar-refractivity contribution in [3.8, 4) is 0 Å². The zero-order valence-electron chi connectivity index (χ0n) is 18.6. The maximum Gasteiger partial charge on any atom is 0.254 e. The molecule has 1 fully saturated rings. The molecular weight excluding hydrogens is 454 g/mol. The highest BCUT2D eigenvalue weighted by Gasteiger charge is 2.30. The van der Waals surface area contributed by atoms with Gasteiger partial charge in [-0.05, 0) is 49.7 Å². The van der Waals surface area contributed by atoms with Gasteiger partial charge in [-0.25, -0.2) is 0 Å². The minimum Gasteiger partial charge on any atom is -0.348 e. The molecule has 1 aromatic carbocycles. The molecule has 0 radical (unpaired) electrons. The van der Waals surface area contributed by atoms with Gasteiger partial charge in [-0.1, -0.05) is 42.1 Å². The smallest absolute Gasteiger partial charge is 0.254 e. The van der Waals surface area contributed by atoms with Crippen LogP contribution in [0, 0.1) is 0 Å². The van der Waals surface area contributed by atoms with Gasteiger partial charge in [0.15, 0.2) is 5.16 Å². The normalized spacial score (nSPS) is 15.2. The summed E-state index contributed by atoms with van der Waals surface area (Å²) in [6.07, 6.45) is 6.36. The lowest BCUT2D eigenvalue weighted by molar-refractivity contribution is -0.113. The number of anilines is 1. The molecule has 172 valence electrons. The number of carbonyl (C=O) groups excluding carboxylic acids is 2. The van der Waals surface area contributed by atoms with Gasteiger partial charge in [0.25, 0.3) is 5.91 Å². The second-order valence-electron chi connectivity index (χ2n) is 8.59. The Morgan fingerprint density at radius 1 is 1.15 bits per heavy atom. The number of amides is 2. The Balaban J connectivity index is 1.27. The van der Waals surface area contributed by atoms with Crippen LogP contribution in [0.5, 0.6) is 0 Å². The lowest BCUT2D eigenvalue weighted by Crippen LogP contribution is -2.25. The molecule has 0 bridgehead atoms. The van der Waals surface area contributed by atoms with Crippen LogP contribution >= 0.6 is 23.1 Å². The molecule has 2 aliphatic rings. The first kappa shape index (κ1) is 22.2. The number of hydrogen-bond acceptors (Lipinski definition) is 6. The number of hydrogen-bond donors (Lipinski definition) is 2. The first-order valence-corrected chi connectivity index (χ1v) is 13.2. The van der Waals surface area contributed by atoms with E-state index in [1.807, 2.05) is 41.9 Å². The fourth-order valence-corrected chi connectivity index (χ4v) is 6.22. The molecule has 7 nitrogen and oxygen atoms in total. The van der Waals surface area contributed by atoms with Crippen LogP contribution in [0.4, 0.5) is 5.00 Å². The minimum absolute atomic E-state index is 0.122. The molecule has 0 saturated heterocycles. The number of thioether (sulfide) groups is 1. The molecule has 0 spiro atoms. The average molecular weight is 482 g/mol. The Morgan fingerprint density at radius 3 is 2.73 bits per heavy atom. The molecule has 2 N–H and O–H groups in total. The number of fused-ring (bicyclic) bond motifs is 1. The van der Waals surface area contributed by atoms with Gasteiger partial charge < -0.3 is 15.2 Å². The highest BCUT2D eigenvalue weighted by Crippen LogP contribution is 2.40. The van der Waals surface area contributed by atoms with E-state index in [1.165, 1.54) is 16.6 Å². The third kappa shape index (κ3) is 4.99. The summed E-state index contributed by atoms with van der Waals surface area (Å²) in [7, 11) is 1.95. The molecule has 2 aromatic heterocycles. The monoisotopic (exact) mass is 481 g/mol. The van der Waals surface area contributed by atoms with Gasteiger partial charge in [0, 0.05) is 24.4 Å². The Kier molecular flexibility index (Phi) is 6.50. The van der Waals surface area contributed by atoms with E-state index in [9.17, 15) is 9.59 Å². The quantitative estimate of drug-likeness (QED) is 0.469. The number of thiophene rings is 1. The number of carbonyl (C=O) groups is 2. The highest BCUT2D eigenvalue weighted by atomic mass is 32.2. The molecule has 33 heavy (non-hydrogen) atoms. The third-order valence-electron chi connectivity index (χ3n) is 6.09. The molecule has 2 aliphatic carbocycles. The van der Waals surface area contributed by atoms with Gasteiger partial charge in [-0.3, -0.25) is 9.59 Å². The van der Waals surface area contributed by atoms with E-state index in [0.29, 0.717) is 23.0 Å². The molecule has 9 heteroatoms. The van der Waals surface area contributed by atoms with Crippen molar-refractivity contribution in [2.24, 2.45) is 7.05 Å². The molecule has 1 saturated carbocycles. The molecule has 2 amide bonds. The number of benzene rings is 1. The third-order valence-corrected chi connectivity index (χ3v) is 8.32. The summed E-state index contributed by atoms with van der Waals surface area (Å²) < 4.78 is 1.99. The SMILES string of the molecule is Cn1c(SCC(=O)Nc2sc3c(c2C(=O)NCc2ccccc2)CCCC3)nnc1C1CC1. The summed E-state index contributed by atoms with van der Waals surface area (Å²) in [5.41, 5.74) is 2.78. The fourth-order valence-electron chi connectivity index (χ4n) is 4.20. The van der Waals surface area contributed by atoms with E-state index in [4.69, 9.17) is 0 Å². The van der Waals surface area contributed by atoms with Gasteiger partial charge in [-0.15, -0.1) is 21.5 Å². The first-order chi connectivity index (χ1) is 16.1. The predicted octanol–water partition coefficient (Wildman–Crippen LogP) is 4.29. The number of nitrogens with one attached hydrogen (secondary N) is 2. The first-order valence-electron chi connectivity index (χ1n) is 11.4. The topological polar surface area (TPSA) is 88.9 Å². The van der Waals surface area contributed by atoms with Crippen molar-refractivity contribution >= 4 is 39.9 Å². The Hall–Kier alpha value is -2.65. The van der Waals surface area contributed by atoms with Crippen molar-refractivity contribution in [3.63, 3.8) is 0 Å². The van der Waals surface area contributed by atoms with E-state index < -0.39 is 0 Å². The van der Waals surface area contributed by atoms with Crippen LogP contribution < -0.4 is 10.6 Å². The lowest BCUT2D eigenvalue weighted by Gasteiger charge is -2.13. The Bertz CT molecular complexity index is 1170. The number of nitrogens with zero attached hydrogens (tertiary/aromatic N) is 3. The average Bonchev–Trinajstić information content (AvgIpc) is 3.51. The fraction of sp³-hybridized carbons (Fsp3) is 0.417. The number of rotatable bonds is 8. The van der Waals surface area contributed by atoms with Gasteiger partial charge in [0.2, 0.25) is 5.91 Å². The zero-order valence-corrected chi connectivity index (χ0v) is 20.2. The van der Waals surface area contributed by atoms with Crippen LogP contribution in [-0.4, -0.2) is 32.3 Å². The Morgan fingerprint density at radius 2 is 1.94 bits per heavy atom. The Labute approximate surface area is 201 Å². The molecule has 0 unspecified atom stereocenters. The summed E-state index contributed by atoms with van der Waals surface area (Å²) >= 11 is 2.92. The largest absolute Gasteiger partial charge is 0.348 e. The van der Waals surface area contributed by atoms with Crippen LogP contribution in [0.15, 0.2) is 35.5 Å². The van der Waals surface area contributed by atoms with E-state index in [2.05, 4.69) is 20.8 Å². The number of aromatic nitrogens is 3. The summed E-state index contributed by atoms with van der Waals surface area (Å²) in [6.45, 7) is 0.461. The second kappa shape index (κ2) is 9.69. The predicted molar refractivity (Wildman–Crippen MR) is 131 cm³/mol. The van der Waals surface area contributed by atoms with Crippen molar-refractivity contribution < 1.29 is 9.59 Å². The summed E-state index contributed by atoms with van der Waals surface area (Å²) in [4.78, 5) is 27.2. The second-order valence-corrected chi connectivity index (χ2v) is 10.6. The summed E-state index contributed by atoms with van der Waals surface area (Å²) in [6, 6.07) is 9.86. The highest BCUT2D eigenvalue weighted by molar-refractivity contribution is 7.99. The molecule has 0 aliphatic heterocycles. The molecule has 2 heterocycles. The molecule has 0 atom stereocenters. The van der Waals surface area contributed by atoms with Gasteiger partial charge >= 0.3 is 0 Å². The van der Waals surface area contributed by atoms with Crippen molar-refractivity contribution in [1.82, 2.24) is 20.1 Å². The lowest BCUT2D eigenvalue weighted by atomic mass is 9.95. The molecule has 3 aromatic rings. The maximum absolute atomic E-state index is 13.2.